The molecule has 0 aliphatic carbocycles. The third kappa shape index (κ3) is 3.52. The van der Waals surface area contributed by atoms with Crippen LogP contribution < -0.4 is 14.2 Å². The molecule has 4 nitrogen and oxygen atoms in total. The van der Waals surface area contributed by atoms with Gasteiger partial charge in [0.25, 0.3) is 0 Å². The van der Waals surface area contributed by atoms with Crippen molar-refractivity contribution < 1.29 is 14.2 Å². The van der Waals surface area contributed by atoms with Gasteiger partial charge < -0.3 is 14.2 Å². The number of benzene rings is 2. The van der Waals surface area contributed by atoms with Gasteiger partial charge in [0.1, 0.15) is 5.75 Å². The number of rotatable bonds is 5. The van der Waals surface area contributed by atoms with Crippen molar-refractivity contribution in [2.24, 2.45) is 0 Å². The lowest BCUT2D eigenvalue weighted by Crippen LogP contribution is -2.30. The minimum absolute atomic E-state index is 0.790. The molecule has 3 rings (SSSR count). The summed E-state index contributed by atoms with van der Waals surface area (Å²) in [5, 5.41) is 0. The number of hydrogen-bond acceptors (Lipinski definition) is 4. The van der Waals surface area contributed by atoms with Crippen molar-refractivity contribution in [2.75, 3.05) is 27.9 Å². The predicted molar refractivity (Wildman–Crippen MR) is 98.1 cm³/mol. The Morgan fingerprint density at radius 2 is 1.58 bits per heavy atom. The topological polar surface area (TPSA) is 30.9 Å². The fourth-order valence-corrected chi connectivity index (χ4v) is 3.60. The third-order valence-corrected chi connectivity index (χ3v) is 4.93. The van der Waals surface area contributed by atoms with E-state index in [9.17, 15) is 0 Å². The molecule has 1 heterocycles. The molecule has 0 unspecified atom stereocenters. The Kier molecular flexibility index (Phi) is 5.31. The first-order valence-electron chi connectivity index (χ1n) is 7.93. The molecule has 1 aliphatic rings. The number of fused-ring (bicyclic) bond motifs is 1. The van der Waals surface area contributed by atoms with E-state index in [1.807, 2.05) is 12.1 Å². The van der Waals surface area contributed by atoms with Crippen molar-refractivity contribution in [2.45, 2.75) is 19.5 Å². The molecule has 128 valence electrons. The second-order valence-corrected chi connectivity index (χ2v) is 6.81. The maximum atomic E-state index is 5.49. The fourth-order valence-electron chi connectivity index (χ4n) is 3.19. The van der Waals surface area contributed by atoms with Crippen molar-refractivity contribution in [1.29, 1.82) is 0 Å². The molecule has 0 saturated heterocycles. The number of ether oxygens (including phenoxy) is 3. The second-order valence-electron chi connectivity index (χ2n) is 5.89. The maximum absolute atomic E-state index is 5.49. The molecular formula is C19H22BrNO3. The minimum Gasteiger partial charge on any atom is -0.496 e. The zero-order valence-electron chi connectivity index (χ0n) is 14.3. The average molecular weight is 392 g/mol. The van der Waals surface area contributed by atoms with Gasteiger partial charge in [-0.25, -0.2) is 0 Å². The molecular weight excluding hydrogens is 370 g/mol. The number of methoxy groups -OCH3 is 3. The number of nitrogens with zero attached hydrogens (tertiary/aromatic N) is 1. The molecule has 0 saturated carbocycles. The quantitative estimate of drug-likeness (QED) is 0.769. The zero-order valence-corrected chi connectivity index (χ0v) is 15.9. The van der Waals surface area contributed by atoms with E-state index in [0.717, 1.165) is 47.8 Å². The van der Waals surface area contributed by atoms with Gasteiger partial charge in [-0.2, -0.15) is 0 Å². The Morgan fingerprint density at radius 3 is 2.25 bits per heavy atom. The highest BCUT2D eigenvalue weighted by molar-refractivity contribution is 9.10. The van der Waals surface area contributed by atoms with E-state index in [1.165, 1.54) is 16.7 Å². The molecule has 5 heteroatoms. The number of hydrogen-bond donors (Lipinski definition) is 0. The van der Waals surface area contributed by atoms with Crippen molar-refractivity contribution in [3.8, 4) is 17.2 Å². The normalized spacial score (nSPS) is 14.2. The van der Waals surface area contributed by atoms with Crippen LogP contribution in [0.25, 0.3) is 0 Å². The standard InChI is InChI=1S/C19H22BrNO3/c1-22-17-5-4-16(20)8-15(17)12-21-7-6-13-9-18(23-2)19(24-3)10-14(13)11-21/h4-5,8-10H,6-7,11-12H2,1-3H3. The van der Waals surface area contributed by atoms with E-state index in [1.54, 1.807) is 21.3 Å². The molecule has 24 heavy (non-hydrogen) atoms. The molecule has 2 aromatic carbocycles. The van der Waals surface area contributed by atoms with Crippen LogP contribution in [0.15, 0.2) is 34.8 Å². The molecule has 0 atom stereocenters. The van der Waals surface area contributed by atoms with Crippen LogP contribution in [0.2, 0.25) is 0 Å². The van der Waals surface area contributed by atoms with Gasteiger partial charge in [0.15, 0.2) is 11.5 Å². The van der Waals surface area contributed by atoms with E-state index in [-0.39, 0.29) is 0 Å². The minimum atomic E-state index is 0.790. The third-order valence-electron chi connectivity index (χ3n) is 4.43. The summed E-state index contributed by atoms with van der Waals surface area (Å²) in [6.07, 6.45) is 1.01. The Morgan fingerprint density at radius 1 is 0.917 bits per heavy atom. The highest BCUT2D eigenvalue weighted by Crippen LogP contribution is 2.34. The summed E-state index contributed by atoms with van der Waals surface area (Å²) >= 11 is 3.55. The lowest BCUT2D eigenvalue weighted by Gasteiger charge is -2.30. The monoisotopic (exact) mass is 391 g/mol. The van der Waals surface area contributed by atoms with Crippen LogP contribution in [0.5, 0.6) is 17.2 Å². The zero-order chi connectivity index (χ0) is 17.1. The smallest absolute Gasteiger partial charge is 0.161 e. The SMILES string of the molecule is COc1ccc(Br)cc1CN1CCc2cc(OC)c(OC)cc2C1. The predicted octanol–water partition coefficient (Wildman–Crippen LogP) is 4.03. The van der Waals surface area contributed by atoms with Crippen LogP contribution in [0.3, 0.4) is 0 Å². The molecule has 0 radical (unpaired) electrons. The number of halogens is 1. The Labute approximate surface area is 151 Å². The van der Waals surface area contributed by atoms with Gasteiger partial charge in [0, 0.05) is 29.7 Å². The van der Waals surface area contributed by atoms with Crippen molar-refractivity contribution in [3.63, 3.8) is 0 Å². The molecule has 0 bridgehead atoms. The van der Waals surface area contributed by atoms with Crippen LogP contribution in [0.4, 0.5) is 0 Å². The molecule has 0 aromatic heterocycles. The van der Waals surface area contributed by atoms with Crippen molar-refractivity contribution in [3.05, 3.63) is 51.5 Å². The average Bonchev–Trinajstić information content (AvgIpc) is 2.60. The van der Waals surface area contributed by atoms with Gasteiger partial charge in [-0.05, 0) is 47.9 Å². The van der Waals surface area contributed by atoms with Crippen LogP contribution in [-0.4, -0.2) is 32.8 Å². The van der Waals surface area contributed by atoms with Crippen LogP contribution in [-0.2, 0) is 19.5 Å². The van der Waals surface area contributed by atoms with Crippen LogP contribution >= 0.6 is 15.9 Å². The lowest BCUT2D eigenvalue weighted by molar-refractivity contribution is 0.240. The van der Waals surface area contributed by atoms with Crippen molar-refractivity contribution >= 4 is 15.9 Å². The first kappa shape index (κ1) is 17.1. The summed E-state index contributed by atoms with van der Waals surface area (Å²) in [7, 11) is 5.07. The first-order valence-corrected chi connectivity index (χ1v) is 8.72. The van der Waals surface area contributed by atoms with Gasteiger partial charge in [-0.1, -0.05) is 15.9 Å². The largest absolute Gasteiger partial charge is 0.496 e. The summed E-state index contributed by atoms with van der Waals surface area (Å²) in [6.45, 7) is 2.76. The van der Waals surface area contributed by atoms with Crippen LogP contribution in [0.1, 0.15) is 16.7 Å². The molecule has 0 N–H and O–H groups in total. The Bertz CT molecular complexity index is 733. The lowest BCUT2D eigenvalue weighted by atomic mass is 9.98. The maximum Gasteiger partial charge on any atom is 0.161 e. The summed E-state index contributed by atoms with van der Waals surface area (Å²) < 4.78 is 17.4. The van der Waals surface area contributed by atoms with E-state index in [0.29, 0.717) is 0 Å². The summed E-state index contributed by atoms with van der Waals surface area (Å²) in [6, 6.07) is 10.3. The first-order chi connectivity index (χ1) is 11.6. The molecule has 0 spiro atoms. The van der Waals surface area contributed by atoms with Crippen LogP contribution in [0, 0.1) is 0 Å². The van der Waals surface area contributed by atoms with Gasteiger partial charge in [-0.3, -0.25) is 4.90 Å². The highest BCUT2D eigenvalue weighted by atomic mass is 79.9. The van der Waals surface area contributed by atoms with Crippen molar-refractivity contribution in [1.82, 2.24) is 4.90 Å². The Hall–Kier alpha value is -1.72. The van der Waals surface area contributed by atoms with E-state index >= 15 is 0 Å². The summed E-state index contributed by atoms with van der Waals surface area (Å²) in [5.74, 6) is 2.52. The van der Waals surface area contributed by atoms with Gasteiger partial charge >= 0.3 is 0 Å². The molecule has 0 amide bonds. The van der Waals surface area contributed by atoms with E-state index in [2.05, 4.69) is 39.0 Å². The molecule has 2 aromatic rings. The molecule has 0 fully saturated rings. The summed E-state index contributed by atoms with van der Waals surface area (Å²) in [4.78, 5) is 2.43. The fraction of sp³-hybridized carbons (Fsp3) is 0.368. The Balaban J connectivity index is 1.81. The summed E-state index contributed by atoms with van der Waals surface area (Å²) in [5.41, 5.74) is 3.83. The molecule has 1 aliphatic heterocycles. The second kappa shape index (κ2) is 7.45. The van der Waals surface area contributed by atoms with E-state index in [4.69, 9.17) is 14.2 Å². The van der Waals surface area contributed by atoms with Gasteiger partial charge in [0.2, 0.25) is 0 Å². The van der Waals surface area contributed by atoms with Gasteiger partial charge in [0.05, 0.1) is 21.3 Å². The van der Waals surface area contributed by atoms with E-state index < -0.39 is 0 Å². The van der Waals surface area contributed by atoms with Gasteiger partial charge in [-0.15, -0.1) is 0 Å². The highest BCUT2D eigenvalue weighted by Gasteiger charge is 2.20.